The van der Waals surface area contributed by atoms with Crippen LogP contribution < -0.4 is 10.2 Å². The molecule has 170 valence electrons. The zero-order chi connectivity index (χ0) is 23.5. The van der Waals surface area contributed by atoms with Gasteiger partial charge >= 0.3 is 0 Å². The van der Waals surface area contributed by atoms with E-state index < -0.39 is 10.0 Å². The normalized spacial score (nSPS) is 13.8. The van der Waals surface area contributed by atoms with E-state index in [0.717, 1.165) is 16.6 Å². The minimum atomic E-state index is -3.74. The van der Waals surface area contributed by atoms with E-state index in [4.69, 9.17) is 0 Å². The molecule has 1 amide bonds. The first kappa shape index (κ1) is 21.8. The highest BCUT2D eigenvalue weighted by atomic mass is 32.2. The number of carbonyl (C=O) groups excluding carboxylic acids is 1. The molecule has 1 aliphatic heterocycles. The van der Waals surface area contributed by atoms with Gasteiger partial charge < -0.3 is 10.2 Å². The Labute approximate surface area is 197 Å². The maximum atomic E-state index is 12.6. The molecule has 0 unspecified atom stereocenters. The summed E-state index contributed by atoms with van der Waals surface area (Å²) >= 11 is 0. The second-order valence-corrected chi connectivity index (χ2v) is 9.44. The van der Waals surface area contributed by atoms with Crippen molar-refractivity contribution in [3.8, 4) is 0 Å². The smallest absolute Gasteiger partial charge is 0.285 e. The Morgan fingerprint density at radius 2 is 1.59 bits per heavy atom. The van der Waals surface area contributed by atoms with Crippen molar-refractivity contribution in [2.24, 2.45) is 4.40 Å². The summed E-state index contributed by atoms with van der Waals surface area (Å²) < 4.78 is 29.3. The molecular weight excluding hydrogens is 448 g/mol. The fraction of sp³-hybridized carbons (Fsp3) is 0.115. The number of carbonyl (C=O) groups is 1. The van der Waals surface area contributed by atoms with E-state index >= 15 is 0 Å². The van der Waals surface area contributed by atoms with E-state index in [1.807, 2.05) is 65.6 Å². The second kappa shape index (κ2) is 9.07. The molecule has 4 aromatic rings. The molecular formula is C26H22N4O3S. The summed E-state index contributed by atoms with van der Waals surface area (Å²) in [7, 11) is -3.74. The van der Waals surface area contributed by atoms with Crippen LogP contribution in [0, 0.1) is 0 Å². The first-order chi connectivity index (χ1) is 16.5. The third-order valence-electron chi connectivity index (χ3n) is 5.61. The number of hydrogen-bond acceptors (Lipinski definition) is 5. The van der Waals surface area contributed by atoms with E-state index in [9.17, 15) is 13.2 Å². The van der Waals surface area contributed by atoms with Gasteiger partial charge in [-0.05, 0) is 42.8 Å². The van der Waals surface area contributed by atoms with E-state index in [1.165, 1.54) is 0 Å². The number of nitrogens with one attached hydrogen (secondary N) is 1. The van der Waals surface area contributed by atoms with Gasteiger partial charge in [0.1, 0.15) is 10.6 Å². The molecule has 5 rings (SSSR count). The third kappa shape index (κ3) is 4.27. The molecule has 34 heavy (non-hydrogen) atoms. The van der Waals surface area contributed by atoms with Gasteiger partial charge in [0.2, 0.25) is 0 Å². The van der Waals surface area contributed by atoms with Crippen LogP contribution in [0.5, 0.6) is 0 Å². The molecule has 0 aliphatic carbocycles. The molecule has 0 saturated carbocycles. The van der Waals surface area contributed by atoms with Crippen molar-refractivity contribution in [3.63, 3.8) is 0 Å². The van der Waals surface area contributed by atoms with Crippen molar-refractivity contribution in [2.75, 3.05) is 18.0 Å². The summed E-state index contributed by atoms with van der Waals surface area (Å²) in [6, 6.07) is 27.6. The van der Waals surface area contributed by atoms with Crippen LogP contribution >= 0.6 is 0 Å². The molecule has 1 N–H and O–H groups in total. The van der Waals surface area contributed by atoms with E-state index in [1.54, 1.807) is 30.3 Å². The van der Waals surface area contributed by atoms with Gasteiger partial charge in [-0.3, -0.25) is 4.79 Å². The highest BCUT2D eigenvalue weighted by Crippen LogP contribution is 2.30. The number of aromatic nitrogens is 1. The fourth-order valence-electron chi connectivity index (χ4n) is 3.97. The monoisotopic (exact) mass is 470 g/mol. The summed E-state index contributed by atoms with van der Waals surface area (Å²) in [5, 5.41) is 3.89. The van der Waals surface area contributed by atoms with E-state index in [2.05, 4.69) is 14.7 Å². The lowest BCUT2D eigenvalue weighted by Gasteiger charge is -2.24. The molecule has 1 aliphatic rings. The maximum Gasteiger partial charge on any atom is 0.285 e. The third-order valence-corrected chi connectivity index (χ3v) is 6.94. The number of amidine groups is 1. The lowest BCUT2D eigenvalue weighted by molar-refractivity contribution is 0.0949. The van der Waals surface area contributed by atoms with Crippen molar-refractivity contribution in [3.05, 3.63) is 102 Å². The minimum absolute atomic E-state index is 0.210. The molecule has 0 fully saturated rings. The predicted molar refractivity (Wildman–Crippen MR) is 133 cm³/mol. The van der Waals surface area contributed by atoms with Gasteiger partial charge in [-0.15, -0.1) is 4.40 Å². The van der Waals surface area contributed by atoms with Crippen LogP contribution in [0.3, 0.4) is 0 Å². The predicted octanol–water partition coefficient (Wildman–Crippen LogP) is 4.01. The van der Waals surface area contributed by atoms with Crippen molar-refractivity contribution >= 4 is 38.4 Å². The quantitative estimate of drug-likeness (QED) is 0.430. The van der Waals surface area contributed by atoms with Crippen LogP contribution in [-0.2, 0) is 10.0 Å². The van der Waals surface area contributed by atoms with Crippen molar-refractivity contribution in [1.29, 1.82) is 0 Å². The largest absolute Gasteiger partial charge is 0.351 e. The Bertz CT molecular complexity index is 1500. The van der Waals surface area contributed by atoms with E-state index in [0.29, 0.717) is 36.6 Å². The lowest BCUT2D eigenvalue weighted by Crippen LogP contribution is -2.34. The number of para-hydroxylation sites is 2. The Balaban J connectivity index is 1.31. The van der Waals surface area contributed by atoms with Gasteiger partial charge in [-0.2, -0.15) is 8.42 Å². The highest BCUT2D eigenvalue weighted by molar-refractivity contribution is 7.90. The van der Waals surface area contributed by atoms with Crippen LogP contribution in [0.25, 0.3) is 10.9 Å². The van der Waals surface area contributed by atoms with Gasteiger partial charge in [0.05, 0.1) is 5.52 Å². The zero-order valence-electron chi connectivity index (χ0n) is 18.3. The van der Waals surface area contributed by atoms with Gasteiger partial charge in [0.25, 0.3) is 15.9 Å². The number of rotatable bonds is 6. The Morgan fingerprint density at radius 1 is 0.853 bits per heavy atom. The van der Waals surface area contributed by atoms with Crippen LogP contribution in [0.4, 0.5) is 5.69 Å². The zero-order valence-corrected chi connectivity index (χ0v) is 19.1. The first-order valence-corrected chi connectivity index (χ1v) is 12.4. The number of hydrogen-bond donors (Lipinski definition) is 1. The number of amides is 1. The molecule has 0 radical (unpaired) electrons. The molecule has 0 spiro atoms. The summed E-state index contributed by atoms with van der Waals surface area (Å²) in [6.07, 6.45) is 0.579. The van der Waals surface area contributed by atoms with Crippen molar-refractivity contribution in [2.45, 2.75) is 11.3 Å². The molecule has 3 aromatic carbocycles. The SMILES string of the molecule is O=C(NCCCN(C1=NS(=O)(=O)c2ccccc21)c1ccccc1)c1ccc2ccccc2n1. The van der Waals surface area contributed by atoms with Crippen molar-refractivity contribution in [1.82, 2.24) is 10.3 Å². The maximum absolute atomic E-state index is 12.6. The number of nitrogens with zero attached hydrogens (tertiary/aromatic N) is 3. The number of sulfonamides is 1. The van der Waals surface area contributed by atoms with Crippen LogP contribution in [0.15, 0.2) is 100 Å². The molecule has 1 aromatic heterocycles. The van der Waals surface area contributed by atoms with Crippen LogP contribution in [0.1, 0.15) is 22.5 Å². The van der Waals surface area contributed by atoms with Crippen LogP contribution in [-0.4, -0.2) is 38.2 Å². The standard InChI is InChI=1S/C26H22N4O3S/c31-26(23-16-15-19-9-4-6-13-22(19)28-23)27-17-8-18-30(20-10-2-1-3-11-20)25-21-12-5-7-14-24(21)34(32,33)29-25/h1-7,9-16H,8,17-18H2,(H,27,31). The Hall–Kier alpha value is -4.04. The summed E-state index contributed by atoms with van der Waals surface area (Å²) in [6.45, 7) is 0.872. The van der Waals surface area contributed by atoms with Crippen molar-refractivity contribution < 1.29 is 13.2 Å². The van der Waals surface area contributed by atoms with Gasteiger partial charge in [-0.1, -0.05) is 54.6 Å². The molecule has 0 saturated heterocycles. The number of benzene rings is 3. The summed E-state index contributed by atoms with van der Waals surface area (Å²) in [4.78, 5) is 19.1. The Kier molecular flexibility index (Phi) is 5.81. The topological polar surface area (TPSA) is 91.7 Å². The number of pyridine rings is 1. The fourth-order valence-corrected chi connectivity index (χ4v) is 5.18. The molecule has 0 atom stereocenters. The van der Waals surface area contributed by atoms with Crippen LogP contribution in [0.2, 0.25) is 0 Å². The average molecular weight is 471 g/mol. The first-order valence-electron chi connectivity index (χ1n) is 10.9. The average Bonchev–Trinajstić information content (AvgIpc) is 3.14. The highest BCUT2D eigenvalue weighted by Gasteiger charge is 2.32. The molecule has 2 heterocycles. The molecule has 8 heteroatoms. The summed E-state index contributed by atoms with van der Waals surface area (Å²) in [5.74, 6) is 0.146. The molecule has 0 bridgehead atoms. The van der Waals surface area contributed by atoms with E-state index in [-0.39, 0.29) is 10.8 Å². The minimum Gasteiger partial charge on any atom is -0.351 e. The lowest BCUT2D eigenvalue weighted by atomic mass is 10.1. The number of fused-ring (bicyclic) bond motifs is 2. The van der Waals surface area contributed by atoms with Gasteiger partial charge in [0.15, 0.2) is 5.84 Å². The molecule has 7 nitrogen and oxygen atoms in total. The van der Waals surface area contributed by atoms with Gasteiger partial charge in [0, 0.05) is 29.7 Å². The second-order valence-electron chi connectivity index (χ2n) is 7.87. The van der Waals surface area contributed by atoms with Gasteiger partial charge in [-0.25, -0.2) is 4.98 Å². The Morgan fingerprint density at radius 3 is 2.44 bits per heavy atom. The number of anilines is 1. The summed E-state index contributed by atoms with van der Waals surface area (Å²) in [5.41, 5.74) is 2.54.